The molecule has 0 unspecified atom stereocenters. The van der Waals surface area contributed by atoms with Gasteiger partial charge in [0.25, 0.3) is 5.91 Å². The van der Waals surface area contributed by atoms with E-state index in [0.717, 1.165) is 29.2 Å². The molecule has 0 bridgehead atoms. The van der Waals surface area contributed by atoms with Gasteiger partial charge in [-0.2, -0.15) is 0 Å². The van der Waals surface area contributed by atoms with Gasteiger partial charge in [0.05, 0.1) is 0 Å². The lowest BCUT2D eigenvalue weighted by Gasteiger charge is -2.04. The molecule has 2 aromatic carbocycles. The maximum Gasteiger partial charge on any atom is 0.251 e. The summed E-state index contributed by atoms with van der Waals surface area (Å²) in [5.41, 5.74) is 3.40. The lowest BCUT2D eigenvalue weighted by molar-refractivity contribution is 0.0953. The van der Waals surface area contributed by atoms with E-state index in [0.29, 0.717) is 24.6 Å². The smallest absolute Gasteiger partial charge is 0.251 e. The Morgan fingerprint density at radius 3 is 2.44 bits per heavy atom. The van der Waals surface area contributed by atoms with Crippen LogP contribution in [0.2, 0.25) is 0 Å². The summed E-state index contributed by atoms with van der Waals surface area (Å²) in [6.45, 7) is 6.95. The third-order valence-corrected chi connectivity index (χ3v) is 4.22. The molecule has 3 aromatic rings. The summed E-state index contributed by atoms with van der Waals surface area (Å²) in [4.78, 5) is 16.5. The maximum atomic E-state index is 12.0. The second-order valence-corrected chi connectivity index (χ2v) is 6.46. The van der Waals surface area contributed by atoms with Gasteiger partial charge in [0.15, 0.2) is 0 Å². The fourth-order valence-electron chi connectivity index (χ4n) is 2.58. The van der Waals surface area contributed by atoms with Crippen LogP contribution in [0, 0.1) is 13.8 Å². The van der Waals surface area contributed by atoms with E-state index in [1.807, 2.05) is 57.2 Å². The fourth-order valence-corrected chi connectivity index (χ4v) is 2.58. The number of hydrogen-bond donors (Lipinski definition) is 1. The highest BCUT2D eigenvalue weighted by Gasteiger charge is 2.13. The van der Waals surface area contributed by atoms with Crippen LogP contribution in [0.5, 0.6) is 5.75 Å². The molecule has 0 saturated carbocycles. The van der Waals surface area contributed by atoms with E-state index in [1.165, 1.54) is 5.56 Å². The number of oxazole rings is 1. The Kier molecular flexibility index (Phi) is 5.91. The quantitative estimate of drug-likeness (QED) is 0.661. The van der Waals surface area contributed by atoms with Crippen LogP contribution in [-0.2, 0) is 6.61 Å². The first-order valence-corrected chi connectivity index (χ1v) is 9.11. The predicted octanol–water partition coefficient (Wildman–Crippen LogP) is 4.68. The van der Waals surface area contributed by atoms with Crippen molar-refractivity contribution in [3.8, 4) is 17.2 Å². The second-order valence-electron chi connectivity index (χ2n) is 6.46. The molecular formula is C22H24N2O3. The van der Waals surface area contributed by atoms with E-state index in [2.05, 4.69) is 10.3 Å². The van der Waals surface area contributed by atoms with Crippen molar-refractivity contribution >= 4 is 5.91 Å². The summed E-state index contributed by atoms with van der Waals surface area (Å²) in [7, 11) is 0. The van der Waals surface area contributed by atoms with Gasteiger partial charge in [0.1, 0.15) is 23.8 Å². The normalized spacial score (nSPS) is 10.6. The molecule has 5 heteroatoms. The number of nitrogens with one attached hydrogen (secondary N) is 1. The molecule has 0 aliphatic heterocycles. The average Bonchev–Trinajstić information content (AvgIpc) is 3.06. The number of ether oxygens (including phenoxy) is 1. The van der Waals surface area contributed by atoms with Crippen LogP contribution < -0.4 is 10.1 Å². The lowest BCUT2D eigenvalue weighted by atomic mass is 10.1. The van der Waals surface area contributed by atoms with Crippen LogP contribution in [0.4, 0.5) is 0 Å². The zero-order chi connectivity index (χ0) is 19.2. The fraction of sp³-hybridized carbons (Fsp3) is 0.273. The van der Waals surface area contributed by atoms with E-state index < -0.39 is 0 Å². The SMILES string of the molecule is CCCNC(=O)c1ccc(-c2nc(COc3ccc(C)cc3)c(C)o2)cc1. The van der Waals surface area contributed by atoms with E-state index in [9.17, 15) is 4.79 Å². The average molecular weight is 364 g/mol. The number of carbonyl (C=O) groups excluding carboxylic acids is 1. The topological polar surface area (TPSA) is 64.4 Å². The van der Waals surface area contributed by atoms with Gasteiger partial charge in [-0.25, -0.2) is 4.98 Å². The third-order valence-electron chi connectivity index (χ3n) is 4.22. The zero-order valence-corrected chi connectivity index (χ0v) is 15.9. The van der Waals surface area contributed by atoms with Gasteiger partial charge >= 0.3 is 0 Å². The molecule has 0 spiro atoms. The van der Waals surface area contributed by atoms with Gasteiger partial charge in [-0.15, -0.1) is 0 Å². The summed E-state index contributed by atoms with van der Waals surface area (Å²) in [6, 6.07) is 15.1. The van der Waals surface area contributed by atoms with Crippen molar-refractivity contribution < 1.29 is 13.9 Å². The lowest BCUT2D eigenvalue weighted by Crippen LogP contribution is -2.23. The molecule has 0 atom stereocenters. The molecule has 0 aliphatic carbocycles. The largest absolute Gasteiger partial charge is 0.487 e. The molecule has 1 heterocycles. The predicted molar refractivity (Wildman–Crippen MR) is 105 cm³/mol. The molecule has 0 saturated heterocycles. The Morgan fingerprint density at radius 1 is 1.07 bits per heavy atom. The first-order valence-electron chi connectivity index (χ1n) is 9.11. The van der Waals surface area contributed by atoms with Gasteiger partial charge < -0.3 is 14.5 Å². The van der Waals surface area contributed by atoms with Crippen molar-refractivity contribution in [2.24, 2.45) is 0 Å². The number of rotatable bonds is 7. The number of amides is 1. The summed E-state index contributed by atoms with van der Waals surface area (Å²) in [5, 5.41) is 2.86. The van der Waals surface area contributed by atoms with Gasteiger partial charge in [-0.1, -0.05) is 24.6 Å². The van der Waals surface area contributed by atoms with E-state index >= 15 is 0 Å². The Labute approximate surface area is 159 Å². The molecule has 5 nitrogen and oxygen atoms in total. The highest BCUT2D eigenvalue weighted by atomic mass is 16.5. The van der Waals surface area contributed by atoms with Crippen LogP contribution >= 0.6 is 0 Å². The maximum absolute atomic E-state index is 12.0. The number of hydrogen-bond acceptors (Lipinski definition) is 4. The third kappa shape index (κ3) is 4.76. The standard InChI is InChI=1S/C22H24N2O3/c1-4-13-23-21(25)17-7-9-18(10-8-17)22-24-20(16(3)27-22)14-26-19-11-5-15(2)6-12-19/h5-12H,4,13-14H2,1-3H3,(H,23,25). The van der Waals surface area contributed by atoms with Gasteiger partial charge in [0, 0.05) is 17.7 Å². The molecule has 0 fully saturated rings. The second kappa shape index (κ2) is 8.54. The molecule has 1 amide bonds. The van der Waals surface area contributed by atoms with Crippen LogP contribution in [0.3, 0.4) is 0 Å². The number of nitrogens with zero attached hydrogens (tertiary/aromatic N) is 1. The monoisotopic (exact) mass is 364 g/mol. The minimum Gasteiger partial charge on any atom is -0.487 e. The minimum absolute atomic E-state index is 0.0702. The molecule has 1 N–H and O–H groups in total. The van der Waals surface area contributed by atoms with Crippen LogP contribution in [0.1, 0.15) is 40.7 Å². The van der Waals surface area contributed by atoms with Gasteiger partial charge in [0.2, 0.25) is 5.89 Å². The van der Waals surface area contributed by atoms with Gasteiger partial charge in [-0.3, -0.25) is 4.79 Å². The number of benzene rings is 2. The minimum atomic E-state index is -0.0702. The van der Waals surface area contributed by atoms with Crippen molar-refractivity contribution in [1.82, 2.24) is 10.3 Å². The van der Waals surface area contributed by atoms with Crippen molar-refractivity contribution in [2.45, 2.75) is 33.8 Å². The molecular weight excluding hydrogens is 340 g/mol. The molecule has 0 radical (unpaired) electrons. The Balaban J connectivity index is 1.68. The number of aryl methyl sites for hydroxylation is 2. The molecule has 3 rings (SSSR count). The zero-order valence-electron chi connectivity index (χ0n) is 15.9. The first kappa shape index (κ1) is 18.7. The summed E-state index contributed by atoms with van der Waals surface area (Å²) in [5.74, 6) is 1.98. The first-order chi connectivity index (χ1) is 13.1. The van der Waals surface area contributed by atoms with Crippen molar-refractivity contribution in [3.63, 3.8) is 0 Å². The van der Waals surface area contributed by atoms with E-state index in [-0.39, 0.29) is 5.91 Å². The molecule has 1 aromatic heterocycles. The highest BCUT2D eigenvalue weighted by Crippen LogP contribution is 2.23. The number of carbonyl (C=O) groups is 1. The Hall–Kier alpha value is -3.08. The van der Waals surface area contributed by atoms with Crippen molar-refractivity contribution in [3.05, 3.63) is 71.1 Å². The van der Waals surface area contributed by atoms with Gasteiger partial charge in [-0.05, 0) is 56.7 Å². The molecule has 0 aliphatic rings. The van der Waals surface area contributed by atoms with E-state index in [1.54, 1.807) is 12.1 Å². The summed E-state index contributed by atoms with van der Waals surface area (Å²) < 4.78 is 11.6. The van der Waals surface area contributed by atoms with E-state index in [4.69, 9.17) is 9.15 Å². The van der Waals surface area contributed by atoms with Crippen molar-refractivity contribution in [1.29, 1.82) is 0 Å². The molecule has 27 heavy (non-hydrogen) atoms. The van der Waals surface area contributed by atoms with Crippen LogP contribution in [0.15, 0.2) is 52.9 Å². The molecule has 140 valence electrons. The van der Waals surface area contributed by atoms with Crippen LogP contribution in [0.25, 0.3) is 11.5 Å². The Bertz CT molecular complexity index is 896. The van der Waals surface area contributed by atoms with Crippen molar-refractivity contribution in [2.75, 3.05) is 6.54 Å². The number of aromatic nitrogens is 1. The summed E-state index contributed by atoms with van der Waals surface area (Å²) >= 11 is 0. The highest BCUT2D eigenvalue weighted by molar-refractivity contribution is 5.94. The van der Waals surface area contributed by atoms with Crippen LogP contribution in [-0.4, -0.2) is 17.4 Å². The summed E-state index contributed by atoms with van der Waals surface area (Å²) in [6.07, 6.45) is 0.910. The Morgan fingerprint density at radius 2 is 1.78 bits per heavy atom.